The summed E-state index contributed by atoms with van der Waals surface area (Å²) in [5, 5.41) is 3.37. The number of hydrogen-bond acceptors (Lipinski definition) is 2. The second kappa shape index (κ2) is 8.98. The number of nitrogens with one attached hydrogen (secondary N) is 1. The SMILES string of the molecule is CCCC[C@@H](c1ccc(Br)c(F)c1)N1CCNCC1.Cl. The van der Waals surface area contributed by atoms with Crippen LogP contribution < -0.4 is 5.32 Å². The van der Waals surface area contributed by atoms with Crippen LogP contribution in [-0.4, -0.2) is 31.1 Å². The molecule has 1 aliphatic heterocycles. The van der Waals surface area contributed by atoms with Crippen molar-refractivity contribution >= 4 is 28.3 Å². The van der Waals surface area contributed by atoms with Crippen LogP contribution in [0.25, 0.3) is 0 Å². The summed E-state index contributed by atoms with van der Waals surface area (Å²) < 4.78 is 14.3. The zero-order valence-corrected chi connectivity index (χ0v) is 14.3. The van der Waals surface area contributed by atoms with E-state index in [2.05, 4.69) is 39.1 Å². The molecule has 1 heterocycles. The van der Waals surface area contributed by atoms with E-state index in [-0.39, 0.29) is 18.2 Å². The van der Waals surface area contributed by atoms with E-state index >= 15 is 0 Å². The van der Waals surface area contributed by atoms with E-state index in [0.29, 0.717) is 10.5 Å². The van der Waals surface area contributed by atoms with Gasteiger partial charge in [0.15, 0.2) is 0 Å². The fraction of sp³-hybridized carbons (Fsp3) is 0.600. The van der Waals surface area contributed by atoms with Crippen LogP contribution in [0.1, 0.15) is 37.8 Å². The van der Waals surface area contributed by atoms with Crippen LogP contribution in [0.5, 0.6) is 0 Å². The lowest BCUT2D eigenvalue weighted by Crippen LogP contribution is -2.45. The summed E-state index contributed by atoms with van der Waals surface area (Å²) in [5.41, 5.74) is 1.11. The van der Waals surface area contributed by atoms with Gasteiger partial charge in [-0.1, -0.05) is 25.8 Å². The number of halogens is 3. The van der Waals surface area contributed by atoms with Crippen LogP contribution in [0.4, 0.5) is 4.39 Å². The van der Waals surface area contributed by atoms with Crippen molar-refractivity contribution < 1.29 is 4.39 Å². The van der Waals surface area contributed by atoms with Crippen molar-refractivity contribution in [3.05, 3.63) is 34.1 Å². The van der Waals surface area contributed by atoms with Crippen molar-refractivity contribution in [3.63, 3.8) is 0 Å². The molecule has 1 atom stereocenters. The van der Waals surface area contributed by atoms with Crippen molar-refractivity contribution in [3.8, 4) is 0 Å². The molecule has 5 heteroatoms. The van der Waals surface area contributed by atoms with E-state index in [1.807, 2.05) is 6.07 Å². The first-order valence-electron chi connectivity index (χ1n) is 7.12. The maximum absolute atomic E-state index is 13.8. The smallest absolute Gasteiger partial charge is 0.137 e. The molecule has 0 spiro atoms. The van der Waals surface area contributed by atoms with Crippen molar-refractivity contribution in [2.24, 2.45) is 0 Å². The molecule has 1 fully saturated rings. The van der Waals surface area contributed by atoms with Crippen LogP contribution in [0.2, 0.25) is 0 Å². The lowest BCUT2D eigenvalue weighted by atomic mass is 9.98. The van der Waals surface area contributed by atoms with Gasteiger partial charge in [0.1, 0.15) is 5.82 Å². The molecule has 0 aromatic heterocycles. The van der Waals surface area contributed by atoms with Gasteiger partial charge < -0.3 is 5.32 Å². The number of benzene rings is 1. The summed E-state index contributed by atoms with van der Waals surface area (Å²) >= 11 is 3.23. The predicted molar refractivity (Wildman–Crippen MR) is 88.1 cm³/mol. The molecular weight excluding hydrogens is 343 g/mol. The molecular formula is C15H23BrClFN2. The molecule has 1 aliphatic rings. The minimum atomic E-state index is -0.158. The van der Waals surface area contributed by atoms with Crippen molar-refractivity contribution in [2.45, 2.75) is 32.2 Å². The van der Waals surface area contributed by atoms with Gasteiger partial charge in [0.05, 0.1) is 4.47 Å². The van der Waals surface area contributed by atoms with Gasteiger partial charge in [-0.3, -0.25) is 4.90 Å². The Hall–Kier alpha value is -0.160. The van der Waals surface area contributed by atoms with E-state index in [0.717, 1.165) is 38.2 Å². The van der Waals surface area contributed by atoms with E-state index in [9.17, 15) is 4.39 Å². The standard InChI is InChI=1S/C15H22BrFN2.ClH/c1-2-3-4-15(19-9-7-18-8-10-19)12-5-6-13(16)14(17)11-12;/h5-6,11,15,18H,2-4,7-10H2,1H3;1H/t15-;/m0./s1. The van der Waals surface area contributed by atoms with Gasteiger partial charge in [-0.15, -0.1) is 12.4 Å². The monoisotopic (exact) mass is 364 g/mol. The Morgan fingerprint density at radius 2 is 2.05 bits per heavy atom. The fourth-order valence-electron chi connectivity index (χ4n) is 2.67. The van der Waals surface area contributed by atoms with Gasteiger partial charge in [-0.25, -0.2) is 4.39 Å². The minimum Gasteiger partial charge on any atom is -0.314 e. The quantitative estimate of drug-likeness (QED) is 0.843. The molecule has 0 bridgehead atoms. The molecule has 0 aliphatic carbocycles. The lowest BCUT2D eigenvalue weighted by molar-refractivity contribution is 0.163. The maximum Gasteiger partial charge on any atom is 0.137 e. The Balaban J connectivity index is 0.00000200. The first-order valence-corrected chi connectivity index (χ1v) is 7.91. The molecule has 20 heavy (non-hydrogen) atoms. The molecule has 114 valence electrons. The zero-order valence-electron chi connectivity index (χ0n) is 11.9. The van der Waals surface area contributed by atoms with E-state index in [1.54, 1.807) is 6.07 Å². The molecule has 1 saturated heterocycles. The highest BCUT2D eigenvalue weighted by molar-refractivity contribution is 9.10. The van der Waals surface area contributed by atoms with Gasteiger partial charge in [-0.05, 0) is 40.0 Å². The van der Waals surface area contributed by atoms with E-state index in [4.69, 9.17) is 0 Å². The Bertz CT molecular complexity index is 411. The summed E-state index contributed by atoms with van der Waals surface area (Å²) in [5.74, 6) is -0.158. The average Bonchev–Trinajstić information content (AvgIpc) is 2.44. The largest absolute Gasteiger partial charge is 0.314 e. The molecule has 0 saturated carbocycles. The molecule has 1 N–H and O–H groups in total. The van der Waals surface area contributed by atoms with Crippen molar-refractivity contribution in [1.82, 2.24) is 10.2 Å². The molecule has 0 unspecified atom stereocenters. The number of piperazine rings is 1. The van der Waals surface area contributed by atoms with Crippen molar-refractivity contribution in [2.75, 3.05) is 26.2 Å². The Morgan fingerprint density at radius 3 is 2.65 bits per heavy atom. The number of unbranched alkanes of at least 4 members (excludes halogenated alkanes) is 1. The summed E-state index contributed by atoms with van der Waals surface area (Å²) in [6, 6.07) is 5.91. The second-order valence-electron chi connectivity index (χ2n) is 5.12. The minimum absolute atomic E-state index is 0. The van der Waals surface area contributed by atoms with Gasteiger partial charge in [0, 0.05) is 32.2 Å². The Labute approximate surface area is 135 Å². The molecule has 0 radical (unpaired) electrons. The Kier molecular flexibility index (Phi) is 8.03. The topological polar surface area (TPSA) is 15.3 Å². The highest BCUT2D eigenvalue weighted by Crippen LogP contribution is 2.29. The van der Waals surface area contributed by atoms with Crippen LogP contribution in [-0.2, 0) is 0 Å². The Morgan fingerprint density at radius 1 is 1.35 bits per heavy atom. The average molecular weight is 366 g/mol. The lowest BCUT2D eigenvalue weighted by Gasteiger charge is -2.35. The third-order valence-electron chi connectivity index (χ3n) is 3.75. The second-order valence-corrected chi connectivity index (χ2v) is 5.97. The van der Waals surface area contributed by atoms with Crippen LogP contribution >= 0.6 is 28.3 Å². The van der Waals surface area contributed by atoms with E-state index < -0.39 is 0 Å². The fourth-order valence-corrected chi connectivity index (χ4v) is 2.92. The predicted octanol–water partition coefficient (Wildman–Crippen LogP) is 4.15. The molecule has 1 aromatic rings. The number of nitrogens with zero attached hydrogens (tertiary/aromatic N) is 1. The maximum atomic E-state index is 13.8. The first-order chi connectivity index (χ1) is 9.22. The number of rotatable bonds is 5. The van der Waals surface area contributed by atoms with Gasteiger partial charge in [-0.2, -0.15) is 0 Å². The number of hydrogen-bond donors (Lipinski definition) is 1. The molecule has 2 nitrogen and oxygen atoms in total. The van der Waals surface area contributed by atoms with E-state index in [1.165, 1.54) is 12.8 Å². The highest BCUT2D eigenvalue weighted by Gasteiger charge is 2.22. The van der Waals surface area contributed by atoms with Gasteiger partial charge >= 0.3 is 0 Å². The normalized spacial score (nSPS) is 17.6. The summed E-state index contributed by atoms with van der Waals surface area (Å²) in [7, 11) is 0. The molecule has 1 aromatic carbocycles. The first kappa shape index (κ1) is 17.9. The summed E-state index contributed by atoms with van der Waals surface area (Å²) in [6.07, 6.45) is 3.48. The third-order valence-corrected chi connectivity index (χ3v) is 4.40. The zero-order chi connectivity index (χ0) is 13.7. The van der Waals surface area contributed by atoms with Crippen LogP contribution in [0.3, 0.4) is 0 Å². The van der Waals surface area contributed by atoms with Crippen LogP contribution in [0.15, 0.2) is 22.7 Å². The summed E-state index contributed by atoms with van der Waals surface area (Å²) in [4.78, 5) is 2.48. The summed E-state index contributed by atoms with van der Waals surface area (Å²) in [6.45, 7) is 6.36. The van der Waals surface area contributed by atoms with Crippen LogP contribution in [0, 0.1) is 5.82 Å². The highest BCUT2D eigenvalue weighted by atomic mass is 79.9. The molecule has 2 rings (SSSR count). The van der Waals surface area contributed by atoms with Crippen molar-refractivity contribution in [1.29, 1.82) is 0 Å². The van der Waals surface area contributed by atoms with Gasteiger partial charge in [0.2, 0.25) is 0 Å². The third kappa shape index (κ3) is 4.69. The molecule has 0 amide bonds. The van der Waals surface area contributed by atoms with Gasteiger partial charge in [0.25, 0.3) is 0 Å².